The number of halogens is 1. The van der Waals surface area contributed by atoms with Crippen LogP contribution in [-0.4, -0.2) is 47.8 Å². The Balaban J connectivity index is 1.36. The number of hydrogen-bond acceptors (Lipinski definition) is 2. The van der Waals surface area contributed by atoms with Gasteiger partial charge in [0.05, 0.1) is 5.92 Å². The maximum absolute atomic E-state index is 13.5. The fourth-order valence-electron chi connectivity index (χ4n) is 5.69. The highest BCUT2D eigenvalue weighted by atomic mass is 19.1. The Morgan fingerprint density at radius 1 is 0.900 bits per heavy atom. The molecule has 0 radical (unpaired) electrons. The zero-order valence-electron chi connectivity index (χ0n) is 17.1. The van der Waals surface area contributed by atoms with Crippen LogP contribution in [-0.2, 0) is 10.2 Å². The van der Waals surface area contributed by atoms with Gasteiger partial charge in [0.1, 0.15) is 5.82 Å². The minimum absolute atomic E-state index is 0.0463. The van der Waals surface area contributed by atoms with Crippen molar-refractivity contribution >= 4 is 11.8 Å². The number of fused-ring (bicyclic) bond motifs is 2. The molecule has 30 heavy (non-hydrogen) atoms. The van der Waals surface area contributed by atoms with Crippen LogP contribution in [0.5, 0.6) is 0 Å². The Hall–Kier alpha value is -2.69. The fraction of sp³-hybridized carbons (Fsp3) is 0.440. The van der Waals surface area contributed by atoms with Gasteiger partial charge in [-0.2, -0.15) is 0 Å². The second-order valence-corrected chi connectivity index (χ2v) is 8.96. The molecule has 5 rings (SSSR count). The third-order valence-electron chi connectivity index (χ3n) is 7.30. The molecule has 3 aliphatic rings. The summed E-state index contributed by atoms with van der Waals surface area (Å²) < 4.78 is 13.5. The number of likely N-dealkylation sites (tertiary alicyclic amines) is 2. The molecule has 1 aliphatic carbocycles. The number of carbonyl (C=O) groups is 2. The highest BCUT2D eigenvalue weighted by Crippen LogP contribution is 2.52. The van der Waals surface area contributed by atoms with E-state index in [-0.39, 0.29) is 29.0 Å². The predicted molar refractivity (Wildman–Crippen MR) is 113 cm³/mol. The van der Waals surface area contributed by atoms with E-state index in [2.05, 4.69) is 18.2 Å². The summed E-state index contributed by atoms with van der Waals surface area (Å²) >= 11 is 0. The third kappa shape index (κ3) is 3.21. The van der Waals surface area contributed by atoms with Crippen LogP contribution in [0.25, 0.3) is 0 Å². The zero-order valence-corrected chi connectivity index (χ0v) is 17.1. The second kappa shape index (κ2) is 7.53. The van der Waals surface area contributed by atoms with E-state index in [1.54, 1.807) is 12.1 Å². The first-order valence-electron chi connectivity index (χ1n) is 11.0. The number of carbonyl (C=O) groups excluding carboxylic acids is 2. The first-order chi connectivity index (χ1) is 14.6. The van der Waals surface area contributed by atoms with Crippen LogP contribution < -0.4 is 0 Å². The van der Waals surface area contributed by atoms with Crippen LogP contribution >= 0.6 is 0 Å². The maximum atomic E-state index is 13.5. The Morgan fingerprint density at radius 3 is 2.37 bits per heavy atom. The molecule has 5 heteroatoms. The first kappa shape index (κ1) is 19.3. The van der Waals surface area contributed by atoms with Gasteiger partial charge in [0.2, 0.25) is 5.91 Å². The van der Waals surface area contributed by atoms with Gasteiger partial charge >= 0.3 is 0 Å². The molecule has 2 aliphatic heterocycles. The van der Waals surface area contributed by atoms with Crippen molar-refractivity contribution in [2.45, 2.75) is 43.4 Å². The number of rotatable bonds is 2. The molecule has 1 atom stereocenters. The maximum Gasteiger partial charge on any atom is 0.253 e. The van der Waals surface area contributed by atoms with E-state index in [1.165, 1.54) is 23.3 Å². The molecule has 2 fully saturated rings. The molecule has 0 unspecified atom stereocenters. The minimum Gasteiger partial charge on any atom is -0.342 e. The molecule has 2 heterocycles. The van der Waals surface area contributed by atoms with E-state index in [0.29, 0.717) is 18.7 Å². The van der Waals surface area contributed by atoms with Crippen molar-refractivity contribution < 1.29 is 14.0 Å². The molecule has 0 N–H and O–H groups in total. The number of benzene rings is 2. The third-order valence-corrected chi connectivity index (χ3v) is 7.30. The minimum atomic E-state index is -0.387. The Morgan fingerprint density at radius 2 is 1.63 bits per heavy atom. The number of hydrogen-bond donors (Lipinski definition) is 0. The molecule has 156 valence electrons. The van der Waals surface area contributed by atoms with Crippen LogP contribution in [0.2, 0.25) is 0 Å². The molecule has 2 saturated heterocycles. The van der Waals surface area contributed by atoms with Crippen molar-refractivity contribution in [2.24, 2.45) is 0 Å². The average molecular weight is 407 g/mol. The van der Waals surface area contributed by atoms with Crippen molar-refractivity contribution in [3.05, 3.63) is 71.0 Å². The van der Waals surface area contributed by atoms with Gasteiger partial charge in [0.15, 0.2) is 0 Å². The van der Waals surface area contributed by atoms with Gasteiger partial charge in [-0.15, -0.1) is 0 Å². The topological polar surface area (TPSA) is 40.6 Å². The number of amides is 2. The van der Waals surface area contributed by atoms with Crippen molar-refractivity contribution in [1.82, 2.24) is 9.80 Å². The second-order valence-electron chi connectivity index (χ2n) is 8.96. The summed E-state index contributed by atoms with van der Waals surface area (Å²) in [5, 5.41) is 0. The summed E-state index contributed by atoms with van der Waals surface area (Å²) in [5.74, 6) is -0.289. The largest absolute Gasteiger partial charge is 0.342 e. The molecular weight excluding hydrogens is 379 g/mol. The first-order valence-corrected chi connectivity index (χ1v) is 11.0. The predicted octanol–water partition coefficient (Wildman–Crippen LogP) is 4.11. The van der Waals surface area contributed by atoms with E-state index >= 15 is 0 Å². The van der Waals surface area contributed by atoms with Gasteiger partial charge < -0.3 is 9.80 Å². The van der Waals surface area contributed by atoms with Gasteiger partial charge in [-0.25, -0.2) is 4.39 Å². The fourth-order valence-corrected chi connectivity index (χ4v) is 5.69. The highest BCUT2D eigenvalue weighted by Gasteiger charge is 2.48. The van der Waals surface area contributed by atoms with Crippen molar-refractivity contribution in [2.75, 3.05) is 26.2 Å². The van der Waals surface area contributed by atoms with Gasteiger partial charge in [-0.05, 0) is 61.4 Å². The van der Waals surface area contributed by atoms with E-state index in [4.69, 9.17) is 0 Å². The Kier molecular flexibility index (Phi) is 4.84. The van der Waals surface area contributed by atoms with E-state index < -0.39 is 0 Å². The lowest BCUT2D eigenvalue weighted by Gasteiger charge is -2.40. The molecule has 2 aromatic carbocycles. The number of nitrogens with zero attached hydrogens (tertiary/aromatic N) is 2. The molecule has 0 saturated carbocycles. The lowest BCUT2D eigenvalue weighted by atomic mass is 9.73. The summed E-state index contributed by atoms with van der Waals surface area (Å²) in [6, 6.07) is 14.3. The van der Waals surface area contributed by atoms with Gasteiger partial charge in [0, 0.05) is 37.2 Å². The standard InChI is InChI=1S/C25H27FN2O2/c26-19-7-5-6-18(16-19)23(29)28-14-10-25(11-15-28)17-21(20-8-1-2-9-22(20)25)24(30)27-12-3-4-13-27/h1-2,5-9,16,21H,3-4,10-15,17H2/t21-/m1/s1. The van der Waals surface area contributed by atoms with E-state index in [9.17, 15) is 14.0 Å². The summed E-state index contributed by atoms with van der Waals surface area (Å²) in [6.45, 7) is 3.02. The normalized spacial score (nSPS) is 22.4. The highest BCUT2D eigenvalue weighted by molar-refractivity contribution is 5.94. The smallest absolute Gasteiger partial charge is 0.253 e. The summed E-state index contributed by atoms with van der Waals surface area (Å²) in [7, 11) is 0. The molecule has 1 spiro atoms. The Bertz CT molecular complexity index is 975. The monoisotopic (exact) mass is 406 g/mol. The molecule has 0 aromatic heterocycles. The summed E-state index contributed by atoms with van der Waals surface area (Å²) in [5.41, 5.74) is 2.83. The molecular formula is C25H27FN2O2. The van der Waals surface area contributed by atoms with Crippen LogP contribution in [0, 0.1) is 5.82 Å². The van der Waals surface area contributed by atoms with Crippen molar-refractivity contribution in [3.8, 4) is 0 Å². The number of piperidine rings is 1. The van der Waals surface area contributed by atoms with Crippen LogP contribution in [0.4, 0.5) is 4.39 Å². The summed E-state index contributed by atoms with van der Waals surface area (Å²) in [4.78, 5) is 30.0. The Labute approximate surface area is 176 Å². The van der Waals surface area contributed by atoms with E-state index in [0.717, 1.165) is 45.2 Å². The molecule has 2 amide bonds. The lowest BCUT2D eigenvalue weighted by Crippen LogP contribution is -2.44. The zero-order chi connectivity index (χ0) is 20.7. The molecule has 0 bridgehead atoms. The van der Waals surface area contributed by atoms with E-state index in [1.807, 2.05) is 15.9 Å². The van der Waals surface area contributed by atoms with Gasteiger partial charge in [-0.1, -0.05) is 30.3 Å². The van der Waals surface area contributed by atoms with Crippen molar-refractivity contribution in [3.63, 3.8) is 0 Å². The molecule has 2 aromatic rings. The molecule has 4 nitrogen and oxygen atoms in total. The van der Waals surface area contributed by atoms with Crippen LogP contribution in [0.1, 0.15) is 59.5 Å². The van der Waals surface area contributed by atoms with Gasteiger partial charge in [0.25, 0.3) is 5.91 Å². The average Bonchev–Trinajstić information content (AvgIpc) is 3.41. The lowest BCUT2D eigenvalue weighted by molar-refractivity contribution is -0.132. The van der Waals surface area contributed by atoms with Crippen LogP contribution in [0.3, 0.4) is 0 Å². The SMILES string of the molecule is O=C(c1cccc(F)c1)N1CCC2(CC1)C[C@@H](C(=O)N1CCCC1)c1ccccc12. The van der Waals surface area contributed by atoms with Crippen molar-refractivity contribution in [1.29, 1.82) is 0 Å². The summed E-state index contributed by atoms with van der Waals surface area (Å²) in [6.07, 6.45) is 4.72. The van der Waals surface area contributed by atoms with Crippen LogP contribution in [0.15, 0.2) is 48.5 Å². The quantitative estimate of drug-likeness (QED) is 0.753. The van der Waals surface area contributed by atoms with Gasteiger partial charge in [-0.3, -0.25) is 9.59 Å².